The fraction of sp³-hybridized carbons (Fsp3) is 0.417. The maximum absolute atomic E-state index is 11.6. The van der Waals surface area contributed by atoms with Gasteiger partial charge in [0.25, 0.3) is 0 Å². The molecule has 0 unspecified atom stereocenters. The van der Waals surface area contributed by atoms with Crippen molar-refractivity contribution < 1.29 is 14.3 Å². The molecule has 0 atom stereocenters. The third kappa shape index (κ3) is 3.89. The highest BCUT2D eigenvalue weighted by Crippen LogP contribution is 2.36. The molecule has 1 aromatic rings. The SMILES string of the molecule is CNCCC(=O)Nc1cc(OC)c(OC)cc1Br. The van der Waals surface area contributed by atoms with Gasteiger partial charge in [0.2, 0.25) is 5.91 Å². The van der Waals surface area contributed by atoms with Crippen LogP contribution in [-0.4, -0.2) is 33.7 Å². The highest BCUT2D eigenvalue weighted by atomic mass is 79.9. The molecule has 5 nitrogen and oxygen atoms in total. The van der Waals surface area contributed by atoms with Crippen LogP contribution in [0.2, 0.25) is 0 Å². The molecule has 0 saturated heterocycles. The highest BCUT2D eigenvalue weighted by Gasteiger charge is 2.11. The topological polar surface area (TPSA) is 59.6 Å². The van der Waals surface area contributed by atoms with E-state index in [1.165, 1.54) is 0 Å². The summed E-state index contributed by atoms with van der Waals surface area (Å²) in [5, 5.41) is 5.73. The molecule has 6 heteroatoms. The minimum Gasteiger partial charge on any atom is -0.493 e. The number of hydrogen-bond acceptors (Lipinski definition) is 4. The average molecular weight is 317 g/mol. The van der Waals surface area contributed by atoms with Gasteiger partial charge in [0.15, 0.2) is 11.5 Å². The standard InChI is InChI=1S/C12H17BrN2O3/c1-14-5-4-12(16)15-9-7-11(18-3)10(17-2)6-8(9)13/h6-7,14H,4-5H2,1-3H3,(H,15,16). The number of methoxy groups -OCH3 is 2. The van der Waals surface area contributed by atoms with E-state index in [2.05, 4.69) is 26.6 Å². The lowest BCUT2D eigenvalue weighted by Gasteiger charge is -2.12. The average Bonchev–Trinajstić information content (AvgIpc) is 2.38. The van der Waals surface area contributed by atoms with Crippen molar-refractivity contribution in [2.45, 2.75) is 6.42 Å². The monoisotopic (exact) mass is 316 g/mol. The van der Waals surface area contributed by atoms with Gasteiger partial charge in [-0.1, -0.05) is 0 Å². The number of amides is 1. The van der Waals surface area contributed by atoms with Crippen molar-refractivity contribution in [2.75, 3.05) is 33.1 Å². The maximum atomic E-state index is 11.6. The Balaban J connectivity index is 2.85. The Bertz CT molecular complexity index is 424. The van der Waals surface area contributed by atoms with Gasteiger partial charge in [0.1, 0.15) is 0 Å². The van der Waals surface area contributed by atoms with Crippen LogP contribution in [0.4, 0.5) is 5.69 Å². The van der Waals surface area contributed by atoms with E-state index in [1.807, 2.05) is 0 Å². The molecular weight excluding hydrogens is 300 g/mol. The Kier molecular flexibility index (Phi) is 5.94. The lowest BCUT2D eigenvalue weighted by atomic mass is 10.2. The molecule has 0 heterocycles. The Hall–Kier alpha value is -1.27. The second kappa shape index (κ2) is 7.23. The molecule has 0 aliphatic heterocycles. The first kappa shape index (κ1) is 14.8. The van der Waals surface area contributed by atoms with Crippen LogP contribution in [0, 0.1) is 0 Å². The van der Waals surface area contributed by atoms with Crippen LogP contribution in [0.1, 0.15) is 6.42 Å². The Labute approximate surface area is 115 Å². The minimum atomic E-state index is -0.0581. The van der Waals surface area contributed by atoms with E-state index in [4.69, 9.17) is 9.47 Å². The number of rotatable bonds is 6. The van der Waals surface area contributed by atoms with Crippen molar-refractivity contribution in [2.24, 2.45) is 0 Å². The fourth-order valence-electron chi connectivity index (χ4n) is 1.40. The zero-order valence-electron chi connectivity index (χ0n) is 10.7. The smallest absolute Gasteiger partial charge is 0.225 e. The molecule has 0 spiro atoms. The van der Waals surface area contributed by atoms with Gasteiger partial charge in [0, 0.05) is 29.6 Å². The molecule has 0 saturated carbocycles. The van der Waals surface area contributed by atoms with Crippen LogP contribution >= 0.6 is 15.9 Å². The van der Waals surface area contributed by atoms with Crippen molar-refractivity contribution in [3.05, 3.63) is 16.6 Å². The predicted molar refractivity (Wildman–Crippen MR) is 74.4 cm³/mol. The van der Waals surface area contributed by atoms with E-state index in [0.717, 1.165) is 4.47 Å². The van der Waals surface area contributed by atoms with Crippen LogP contribution in [0.3, 0.4) is 0 Å². The second-order valence-electron chi connectivity index (χ2n) is 3.59. The van der Waals surface area contributed by atoms with Gasteiger partial charge in [0.05, 0.1) is 19.9 Å². The lowest BCUT2D eigenvalue weighted by molar-refractivity contribution is -0.116. The summed E-state index contributed by atoms with van der Waals surface area (Å²) in [4.78, 5) is 11.6. The molecular formula is C12H17BrN2O3. The van der Waals surface area contributed by atoms with Gasteiger partial charge in [-0.15, -0.1) is 0 Å². The van der Waals surface area contributed by atoms with E-state index in [0.29, 0.717) is 30.2 Å². The number of ether oxygens (including phenoxy) is 2. The zero-order chi connectivity index (χ0) is 13.5. The molecule has 1 rings (SSSR count). The van der Waals surface area contributed by atoms with Gasteiger partial charge in [-0.25, -0.2) is 0 Å². The number of hydrogen-bond donors (Lipinski definition) is 2. The molecule has 0 aliphatic carbocycles. The van der Waals surface area contributed by atoms with Crippen LogP contribution in [0.25, 0.3) is 0 Å². The van der Waals surface area contributed by atoms with Gasteiger partial charge < -0.3 is 20.1 Å². The number of nitrogens with one attached hydrogen (secondary N) is 2. The largest absolute Gasteiger partial charge is 0.493 e. The Morgan fingerprint density at radius 3 is 2.44 bits per heavy atom. The van der Waals surface area contributed by atoms with Gasteiger partial charge in [-0.2, -0.15) is 0 Å². The first-order chi connectivity index (χ1) is 8.62. The van der Waals surface area contributed by atoms with E-state index in [9.17, 15) is 4.79 Å². The number of carbonyl (C=O) groups is 1. The number of anilines is 1. The summed E-state index contributed by atoms with van der Waals surface area (Å²) < 4.78 is 11.1. The van der Waals surface area contributed by atoms with E-state index < -0.39 is 0 Å². The molecule has 2 N–H and O–H groups in total. The van der Waals surface area contributed by atoms with Crippen LogP contribution < -0.4 is 20.1 Å². The molecule has 18 heavy (non-hydrogen) atoms. The van der Waals surface area contributed by atoms with Gasteiger partial charge in [-0.05, 0) is 23.0 Å². The number of halogens is 1. The predicted octanol–water partition coefficient (Wildman–Crippen LogP) is 2.01. The summed E-state index contributed by atoms with van der Waals surface area (Å²) in [5.41, 5.74) is 0.661. The number of carbonyl (C=O) groups excluding carboxylic acids is 1. The molecule has 100 valence electrons. The van der Waals surface area contributed by atoms with Crippen molar-refractivity contribution in [3.8, 4) is 11.5 Å². The van der Waals surface area contributed by atoms with Crippen molar-refractivity contribution in [3.63, 3.8) is 0 Å². The maximum Gasteiger partial charge on any atom is 0.225 e. The molecule has 0 aromatic heterocycles. The molecule has 0 fully saturated rings. The summed E-state index contributed by atoms with van der Waals surface area (Å²) in [6.07, 6.45) is 0.414. The summed E-state index contributed by atoms with van der Waals surface area (Å²) in [6.45, 7) is 0.636. The number of benzene rings is 1. The Morgan fingerprint density at radius 1 is 1.28 bits per heavy atom. The molecule has 1 amide bonds. The normalized spacial score (nSPS) is 10.0. The molecule has 0 bridgehead atoms. The Morgan fingerprint density at radius 2 is 1.89 bits per heavy atom. The van der Waals surface area contributed by atoms with Crippen LogP contribution in [0.5, 0.6) is 11.5 Å². The zero-order valence-corrected chi connectivity index (χ0v) is 12.3. The first-order valence-electron chi connectivity index (χ1n) is 5.48. The highest BCUT2D eigenvalue weighted by molar-refractivity contribution is 9.10. The third-order valence-corrected chi connectivity index (χ3v) is 3.01. The summed E-state index contributed by atoms with van der Waals surface area (Å²) in [6, 6.07) is 3.48. The lowest BCUT2D eigenvalue weighted by Crippen LogP contribution is -2.18. The van der Waals surface area contributed by atoms with E-state index in [-0.39, 0.29) is 5.91 Å². The third-order valence-electron chi connectivity index (χ3n) is 2.35. The van der Waals surface area contributed by atoms with Crippen molar-refractivity contribution >= 4 is 27.5 Å². The van der Waals surface area contributed by atoms with Gasteiger partial charge in [-0.3, -0.25) is 4.79 Å². The quantitative estimate of drug-likeness (QED) is 0.843. The summed E-state index contributed by atoms with van der Waals surface area (Å²) in [5.74, 6) is 1.12. The molecule has 0 aliphatic rings. The van der Waals surface area contributed by atoms with Gasteiger partial charge >= 0.3 is 0 Å². The molecule has 0 radical (unpaired) electrons. The summed E-state index contributed by atoms with van der Waals surface area (Å²) >= 11 is 3.38. The minimum absolute atomic E-state index is 0.0581. The molecule has 1 aromatic carbocycles. The van der Waals surface area contributed by atoms with Crippen LogP contribution in [0.15, 0.2) is 16.6 Å². The first-order valence-corrected chi connectivity index (χ1v) is 6.27. The fourth-order valence-corrected chi connectivity index (χ4v) is 1.82. The van der Waals surface area contributed by atoms with Crippen molar-refractivity contribution in [1.82, 2.24) is 5.32 Å². The summed E-state index contributed by atoms with van der Waals surface area (Å²) in [7, 11) is 4.92. The van der Waals surface area contributed by atoms with Crippen LogP contribution in [-0.2, 0) is 4.79 Å². The van der Waals surface area contributed by atoms with Crippen molar-refractivity contribution in [1.29, 1.82) is 0 Å². The second-order valence-corrected chi connectivity index (χ2v) is 4.44. The van der Waals surface area contributed by atoms with E-state index in [1.54, 1.807) is 33.4 Å². The van der Waals surface area contributed by atoms with E-state index >= 15 is 0 Å².